The Hall–Kier alpha value is -2.30. The first-order chi connectivity index (χ1) is 10.2. The highest BCUT2D eigenvalue weighted by Gasteiger charge is 2.42. The minimum Gasteiger partial charge on any atom is -0.356 e. The summed E-state index contributed by atoms with van der Waals surface area (Å²) < 4.78 is 0. The van der Waals surface area contributed by atoms with Crippen molar-refractivity contribution in [3.05, 3.63) is 48.0 Å². The van der Waals surface area contributed by atoms with Crippen LogP contribution in [-0.4, -0.2) is 48.3 Å². The van der Waals surface area contributed by atoms with Crippen LogP contribution in [0, 0.1) is 5.92 Å². The molecule has 0 spiro atoms. The molecule has 3 heterocycles. The number of piperidine rings is 1. The van der Waals surface area contributed by atoms with E-state index in [2.05, 4.69) is 51.7 Å². The van der Waals surface area contributed by atoms with Gasteiger partial charge < -0.3 is 15.1 Å². The fraction of sp³-hybridized carbons (Fsp3) is 0.375. The Morgan fingerprint density at radius 1 is 1.29 bits per heavy atom. The van der Waals surface area contributed by atoms with Gasteiger partial charge >= 0.3 is 0 Å². The number of amidine groups is 1. The van der Waals surface area contributed by atoms with Crippen molar-refractivity contribution >= 4 is 12.2 Å². The van der Waals surface area contributed by atoms with Crippen LogP contribution in [0.4, 0.5) is 0 Å². The van der Waals surface area contributed by atoms with Gasteiger partial charge in [0.05, 0.1) is 12.3 Å². The summed E-state index contributed by atoms with van der Waals surface area (Å²) in [5.74, 6) is 1.23. The molecule has 2 bridgehead atoms. The highest BCUT2D eigenvalue weighted by Crippen LogP contribution is 2.35. The Balaban J connectivity index is 1.78. The van der Waals surface area contributed by atoms with E-state index in [1.807, 2.05) is 30.7 Å². The van der Waals surface area contributed by atoms with Gasteiger partial charge in [0.15, 0.2) is 0 Å². The number of fused-ring (bicyclic) bond motifs is 2. The molecule has 5 heteroatoms. The monoisotopic (exact) mass is 281 g/mol. The van der Waals surface area contributed by atoms with Crippen molar-refractivity contribution < 1.29 is 0 Å². The van der Waals surface area contributed by atoms with Crippen LogP contribution in [0.3, 0.4) is 0 Å². The van der Waals surface area contributed by atoms with E-state index in [9.17, 15) is 0 Å². The van der Waals surface area contributed by atoms with Gasteiger partial charge in [-0.1, -0.05) is 12.2 Å². The van der Waals surface area contributed by atoms with Gasteiger partial charge in [-0.3, -0.25) is 4.99 Å². The molecule has 1 aliphatic carbocycles. The lowest BCUT2D eigenvalue weighted by molar-refractivity contribution is 0.329. The minimum absolute atomic E-state index is 0.186. The van der Waals surface area contributed by atoms with Gasteiger partial charge in [0.25, 0.3) is 0 Å². The number of aliphatic imine (C=N–C) groups is 2. The van der Waals surface area contributed by atoms with E-state index in [1.165, 1.54) is 11.1 Å². The van der Waals surface area contributed by atoms with E-state index in [4.69, 9.17) is 0 Å². The number of rotatable bonds is 0. The van der Waals surface area contributed by atoms with Gasteiger partial charge in [-0.05, 0) is 23.6 Å². The molecule has 3 aliphatic heterocycles. The second-order valence-electron chi connectivity index (χ2n) is 5.89. The summed E-state index contributed by atoms with van der Waals surface area (Å²) in [6.45, 7) is 0. The molecule has 5 nitrogen and oxygen atoms in total. The lowest BCUT2D eigenvalue weighted by Crippen LogP contribution is -2.56. The molecule has 3 atom stereocenters. The number of nitrogens with zero attached hydrogens (tertiary/aromatic N) is 4. The van der Waals surface area contributed by atoms with Gasteiger partial charge in [-0.15, -0.1) is 0 Å². The lowest BCUT2D eigenvalue weighted by Gasteiger charge is -2.39. The van der Waals surface area contributed by atoms with Crippen molar-refractivity contribution in [2.75, 3.05) is 14.1 Å². The number of allylic oxidation sites excluding steroid dienone is 3. The first-order valence-corrected chi connectivity index (χ1v) is 7.29. The molecule has 1 fully saturated rings. The highest BCUT2D eigenvalue weighted by molar-refractivity contribution is 5.92. The van der Waals surface area contributed by atoms with E-state index in [-0.39, 0.29) is 18.1 Å². The zero-order valence-corrected chi connectivity index (χ0v) is 12.3. The first kappa shape index (κ1) is 12.4. The second kappa shape index (κ2) is 4.62. The molecule has 0 saturated carbocycles. The third-order valence-electron chi connectivity index (χ3n) is 4.43. The maximum atomic E-state index is 4.66. The molecule has 0 aromatic carbocycles. The molecule has 0 aromatic heterocycles. The van der Waals surface area contributed by atoms with Gasteiger partial charge in [0, 0.05) is 32.7 Å². The molecule has 1 saturated heterocycles. The Bertz CT molecular complexity index is 637. The third-order valence-corrected chi connectivity index (χ3v) is 4.43. The quantitative estimate of drug-likeness (QED) is 0.684. The molecular formula is C16H19N5. The Morgan fingerprint density at radius 3 is 3.10 bits per heavy atom. The Kier molecular flexibility index (Phi) is 2.74. The van der Waals surface area contributed by atoms with Crippen molar-refractivity contribution in [3.63, 3.8) is 0 Å². The first-order valence-electron chi connectivity index (χ1n) is 7.29. The van der Waals surface area contributed by atoms with E-state index in [0.717, 1.165) is 12.3 Å². The summed E-state index contributed by atoms with van der Waals surface area (Å²) >= 11 is 0. The lowest BCUT2D eigenvalue weighted by atomic mass is 9.80. The van der Waals surface area contributed by atoms with Gasteiger partial charge in [-0.25, -0.2) is 4.99 Å². The third kappa shape index (κ3) is 2.00. The summed E-state index contributed by atoms with van der Waals surface area (Å²) in [7, 11) is 4.07. The van der Waals surface area contributed by atoms with Crippen LogP contribution in [0.15, 0.2) is 58.0 Å². The molecule has 21 heavy (non-hydrogen) atoms. The van der Waals surface area contributed by atoms with Crippen LogP contribution in [-0.2, 0) is 0 Å². The van der Waals surface area contributed by atoms with Crippen LogP contribution < -0.4 is 5.32 Å². The van der Waals surface area contributed by atoms with Crippen molar-refractivity contribution in [1.29, 1.82) is 0 Å². The molecule has 4 aliphatic rings. The normalized spacial score (nSPS) is 34.6. The highest BCUT2D eigenvalue weighted by atomic mass is 15.3. The summed E-state index contributed by atoms with van der Waals surface area (Å²) in [5, 5.41) is 3.55. The fourth-order valence-corrected chi connectivity index (χ4v) is 3.25. The molecular weight excluding hydrogens is 262 g/mol. The van der Waals surface area contributed by atoms with Crippen LogP contribution in [0.5, 0.6) is 0 Å². The van der Waals surface area contributed by atoms with Crippen molar-refractivity contribution in [1.82, 2.24) is 15.1 Å². The zero-order valence-electron chi connectivity index (χ0n) is 12.3. The molecule has 0 radical (unpaired) electrons. The fourth-order valence-electron chi connectivity index (χ4n) is 3.25. The largest absolute Gasteiger partial charge is 0.356 e. The van der Waals surface area contributed by atoms with Crippen LogP contribution in [0.1, 0.15) is 6.42 Å². The van der Waals surface area contributed by atoms with E-state index < -0.39 is 0 Å². The average Bonchev–Trinajstić information content (AvgIpc) is 2.86. The minimum atomic E-state index is 0.186. The number of likely N-dealkylation sites (N-methyl/N-ethyl adjacent to an activating group) is 1. The molecule has 4 rings (SSSR count). The second-order valence-corrected chi connectivity index (χ2v) is 5.89. The molecule has 1 N–H and O–H groups in total. The number of hydrogen-bond donors (Lipinski definition) is 1. The molecule has 0 aromatic rings. The van der Waals surface area contributed by atoms with Crippen molar-refractivity contribution in [3.8, 4) is 0 Å². The van der Waals surface area contributed by atoms with Gasteiger partial charge in [-0.2, -0.15) is 0 Å². The van der Waals surface area contributed by atoms with Crippen molar-refractivity contribution in [2.24, 2.45) is 15.9 Å². The molecule has 2 unspecified atom stereocenters. The number of nitrogens with one attached hydrogen (secondary N) is 1. The van der Waals surface area contributed by atoms with Crippen LogP contribution in [0.25, 0.3) is 0 Å². The van der Waals surface area contributed by atoms with Gasteiger partial charge in [0.1, 0.15) is 18.0 Å². The average molecular weight is 281 g/mol. The number of hydrogen-bond acceptors (Lipinski definition) is 5. The summed E-state index contributed by atoms with van der Waals surface area (Å²) in [4.78, 5) is 13.4. The maximum Gasteiger partial charge on any atom is 0.127 e. The predicted molar refractivity (Wildman–Crippen MR) is 84.7 cm³/mol. The molecule has 0 amide bonds. The SMILES string of the molecule is CN1C=CN=C2NC3C(N=CN3C)C3=CCC(=C[C@@H]32)/C=C\1. The van der Waals surface area contributed by atoms with Crippen LogP contribution >= 0.6 is 0 Å². The Labute approximate surface area is 124 Å². The Morgan fingerprint density at radius 2 is 2.19 bits per heavy atom. The predicted octanol–water partition coefficient (Wildman–Crippen LogP) is 1.46. The standard InChI is InChI=1S/C16H19N5/c1-20-7-5-11-3-4-12-13(9-11)15(17-6-8-20)19-16-14(12)18-10-21(16)2/h4-10,13-14,16H,3H2,1-2H3,(H,17,19)/b7-5-,8-6?/t13-,14?,16?/m0/s1. The maximum absolute atomic E-state index is 4.66. The summed E-state index contributed by atoms with van der Waals surface area (Å²) in [5.41, 5.74) is 2.70. The summed E-state index contributed by atoms with van der Waals surface area (Å²) in [6.07, 6.45) is 15.8. The summed E-state index contributed by atoms with van der Waals surface area (Å²) in [6, 6.07) is 0.204. The van der Waals surface area contributed by atoms with Crippen LogP contribution in [0.2, 0.25) is 0 Å². The van der Waals surface area contributed by atoms with E-state index >= 15 is 0 Å². The molecule has 108 valence electrons. The van der Waals surface area contributed by atoms with Gasteiger partial charge in [0.2, 0.25) is 0 Å². The smallest absolute Gasteiger partial charge is 0.127 e. The van der Waals surface area contributed by atoms with E-state index in [1.54, 1.807) is 0 Å². The topological polar surface area (TPSA) is 43.2 Å². The van der Waals surface area contributed by atoms with E-state index in [0.29, 0.717) is 0 Å². The van der Waals surface area contributed by atoms with Crippen molar-refractivity contribution in [2.45, 2.75) is 18.6 Å². The zero-order chi connectivity index (χ0) is 14.4.